The van der Waals surface area contributed by atoms with Gasteiger partial charge in [-0.2, -0.15) is 0 Å². The molecule has 0 saturated carbocycles. The highest BCUT2D eigenvalue weighted by molar-refractivity contribution is 5.94. The van der Waals surface area contributed by atoms with Crippen LogP contribution in [0, 0.1) is 6.92 Å². The molecule has 0 aliphatic heterocycles. The summed E-state index contributed by atoms with van der Waals surface area (Å²) in [6, 6.07) is 11.3. The number of aryl methyl sites for hydroxylation is 1. The van der Waals surface area contributed by atoms with Crippen molar-refractivity contribution in [2.75, 3.05) is 18.9 Å². The highest BCUT2D eigenvalue weighted by Crippen LogP contribution is 2.23. The molecule has 1 atom stereocenters. The lowest BCUT2D eigenvalue weighted by molar-refractivity contribution is -0.134. The molecule has 1 unspecified atom stereocenters. The zero-order chi connectivity index (χ0) is 17.5. The molecule has 0 bridgehead atoms. The number of hydrogen-bond acceptors (Lipinski definition) is 4. The molecule has 0 saturated heterocycles. The summed E-state index contributed by atoms with van der Waals surface area (Å²) in [5, 5.41) is 6.33. The van der Waals surface area contributed by atoms with Crippen molar-refractivity contribution in [3.8, 4) is 0 Å². The van der Waals surface area contributed by atoms with E-state index in [0.29, 0.717) is 11.6 Å². The Kier molecular flexibility index (Phi) is 6.12. The molecule has 2 aromatic rings. The van der Waals surface area contributed by atoms with E-state index in [4.69, 9.17) is 4.52 Å². The maximum atomic E-state index is 12.7. The molecule has 0 aliphatic rings. The summed E-state index contributed by atoms with van der Waals surface area (Å²) in [5.41, 5.74) is 0.976. The monoisotopic (exact) mass is 329 g/mol. The van der Waals surface area contributed by atoms with Gasteiger partial charge in [0.2, 0.25) is 11.8 Å². The van der Waals surface area contributed by atoms with E-state index in [1.165, 1.54) is 4.90 Å². The number of carbonyl (C=O) groups excluding carboxylic acids is 2. The van der Waals surface area contributed by atoms with E-state index >= 15 is 0 Å². The van der Waals surface area contributed by atoms with Gasteiger partial charge >= 0.3 is 0 Å². The third kappa shape index (κ3) is 4.68. The Labute approximate surface area is 141 Å². The molecule has 2 rings (SSSR count). The molecule has 1 N–H and O–H groups in total. The third-order valence-electron chi connectivity index (χ3n) is 3.73. The minimum absolute atomic E-state index is 0.0300. The van der Waals surface area contributed by atoms with E-state index in [2.05, 4.69) is 10.5 Å². The fraction of sp³-hybridized carbons (Fsp3) is 0.389. The summed E-state index contributed by atoms with van der Waals surface area (Å²) in [6.07, 6.45) is 1.64. The SMILES string of the molecule is CCCC(C(=O)N(C)CC(=O)Nc1cc(C)on1)c1ccccc1. The zero-order valence-electron chi connectivity index (χ0n) is 14.3. The van der Waals surface area contributed by atoms with Gasteiger partial charge in [0.05, 0.1) is 12.5 Å². The zero-order valence-corrected chi connectivity index (χ0v) is 14.3. The predicted octanol–water partition coefficient (Wildman–Crippen LogP) is 2.96. The van der Waals surface area contributed by atoms with Crippen molar-refractivity contribution in [3.05, 3.63) is 47.7 Å². The van der Waals surface area contributed by atoms with Crippen LogP contribution in [0.15, 0.2) is 40.9 Å². The van der Waals surface area contributed by atoms with Crippen LogP contribution in [0.4, 0.5) is 5.82 Å². The number of benzene rings is 1. The smallest absolute Gasteiger partial charge is 0.245 e. The number of amides is 2. The molecule has 24 heavy (non-hydrogen) atoms. The van der Waals surface area contributed by atoms with Crippen molar-refractivity contribution in [3.63, 3.8) is 0 Å². The van der Waals surface area contributed by atoms with Crippen LogP contribution in [-0.2, 0) is 9.59 Å². The van der Waals surface area contributed by atoms with Gasteiger partial charge in [0.15, 0.2) is 5.82 Å². The second kappa shape index (κ2) is 8.29. The van der Waals surface area contributed by atoms with E-state index in [1.54, 1.807) is 20.0 Å². The molecule has 0 radical (unpaired) electrons. The molecule has 0 fully saturated rings. The molecule has 2 amide bonds. The Hall–Kier alpha value is -2.63. The van der Waals surface area contributed by atoms with Gasteiger partial charge in [0, 0.05) is 13.1 Å². The van der Waals surface area contributed by atoms with Gasteiger partial charge < -0.3 is 14.7 Å². The molecule has 0 spiro atoms. The molecular weight excluding hydrogens is 306 g/mol. The summed E-state index contributed by atoms with van der Waals surface area (Å²) in [5.74, 6) is 0.369. The first kappa shape index (κ1) is 17.7. The van der Waals surface area contributed by atoms with Crippen LogP contribution in [0.1, 0.15) is 37.0 Å². The number of hydrogen-bond donors (Lipinski definition) is 1. The minimum Gasteiger partial charge on any atom is -0.360 e. The topological polar surface area (TPSA) is 75.4 Å². The highest BCUT2D eigenvalue weighted by atomic mass is 16.5. The molecule has 1 aromatic carbocycles. The van der Waals surface area contributed by atoms with Crippen LogP contribution in [0.2, 0.25) is 0 Å². The van der Waals surface area contributed by atoms with Crippen molar-refractivity contribution < 1.29 is 14.1 Å². The van der Waals surface area contributed by atoms with Gasteiger partial charge in [0.25, 0.3) is 0 Å². The first-order valence-electron chi connectivity index (χ1n) is 8.04. The van der Waals surface area contributed by atoms with E-state index in [1.807, 2.05) is 37.3 Å². The van der Waals surface area contributed by atoms with E-state index < -0.39 is 0 Å². The summed E-state index contributed by atoms with van der Waals surface area (Å²) >= 11 is 0. The summed E-state index contributed by atoms with van der Waals surface area (Å²) in [6.45, 7) is 3.76. The van der Waals surface area contributed by atoms with Gasteiger partial charge in [0.1, 0.15) is 5.76 Å². The fourth-order valence-electron chi connectivity index (χ4n) is 2.57. The molecule has 1 aromatic heterocycles. The van der Waals surface area contributed by atoms with Gasteiger partial charge in [-0.3, -0.25) is 9.59 Å². The minimum atomic E-state index is -0.303. The van der Waals surface area contributed by atoms with Crippen molar-refractivity contribution in [1.82, 2.24) is 10.1 Å². The highest BCUT2D eigenvalue weighted by Gasteiger charge is 2.24. The molecular formula is C18H23N3O3. The van der Waals surface area contributed by atoms with E-state index in [9.17, 15) is 9.59 Å². The first-order valence-corrected chi connectivity index (χ1v) is 8.04. The first-order chi connectivity index (χ1) is 11.5. The standard InChI is InChI=1S/C18H23N3O3/c1-4-8-15(14-9-6-5-7-10-14)18(23)21(3)12-17(22)19-16-11-13(2)24-20-16/h5-7,9-11,15H,4,8,12H2,1-3H3,(H,19,20,22). The number of nitrogens with zero attached hydrogens (tertiary/aromatic N) is 2. The lowest BCUT2D eigenvalue weighted by Gasteiger charge is -2.23. The number of likely N-dealkylation sites (N-methyl/N-ethyl adjacent to an activating group) is 1. The van der Waals surface area contributed by atoms with E-state index in [0.717, 1.165) is 18.4 Å². The van der Waals surface area contributed by atoms with Gasteiger partial charge in [-0.05, 0) is 18.9 Å². The Morgan fingerprint density at radius 2 is 2.00 bits per heavy atom. The number of nitrogens with one attached hydrogen (secondary N) is 1. The van der Waals surface area contributed by atoms with Crippen LogP contribution in [0.3, 0.4) is 0 Å². The lowest BCUT2D eigenvalue weighted by Crippen LogP contribution is -2.37. The Bertz CT molecular complexity index is 682. The predicted molar refractivity (Wildman–Crippen MR) is 91.6 cm³/mol. The van der Waals surface area contributed by atoms with E-state index in [-0.39, 0.29) is 24.3 Å². The fourth-order valence-corrected chi connectivity index (χ4v) is 2.57. The van der Waals surface area contributed by atoms with Crippen molar-refractivity contribution in [2.24, 2.45) is 0 Å². The molecule has 128 valence electrons. The summed E-state index contributed by atoms with van der Waals surface area (Å²) in [7, 11) is 1.64. The maximum absolute atomic E-state index is 12.7. The summed E-state index contributed by atoms with van der Waals surface area (Å²) in [4.78, 5) is 26.3. The summed E-state index contributed by atoms with van der Waals surface area (Å²) < 4.78 is 4.90. The third-order valence-corrected chi connectivity index (χ3v) is 3.73. The maximum Gasteiger partial charge on any atom is 0.245 e. The Balaban J connectivity index is 1.99. The van der Waals surface area contributed by atoms with Crippen LogP contribution in [0.25, 0.3) is 0 Å². The molecule has 1 heterocycles. The van der Waals surface area contributed by atoms with Crippen molar-refractivity contribution in [2.45, 2.75) is 32.6 Å². The quantitative estimate of drug-likeness (QED) is 0.847. The van der Waals surface area contributed by atoms with Crippen molar-refractivity contribution >= 4 is 17.6 Å². The van der Waals surface area contributed by atoms with Crippen LogP contribution >= 0.6 is 0 Å². The normalized spacial score (nSPS) is 11.8. The second-order valence-corrected chi connectivity index (χ2v) is 5.82. The van der Waals surface area contributed by atoms with Crippen LogP contribution in [-0.4, -0.2) is 35.5 Å². The molecule has 6 nitrogen and oxygen atoms in total. The average molecular weight is 329 g/mol. The van der Waals surface area contributed by atoms with Crippen molar-refractivity contribution in [1.29, 1.82) is 0 Å². The molecule has 6 heteroatoms. The van der Waals surface area contributed by atoms with Gasteiger partial charge in [-0.1, -0.05) is 48.8 Å². The number of anilines is 1. The van der Waals surface area contributed by atoms with Gasteiger partial charge in [-0.15, -0.1) is 0 Å². The Morgan fingerprint density at radius 3 is 2.58 bits per heavy atom. The largest absolute Gasteiger partial charge is 0.360 e. The van der Waals surface area contributed by atoms with Crippen LogP contribution < -0.4 is 5.32 Å². The number of carbonyl (C=O) groups is 2. The average Bonchev–Trinajstić information content (AvgIpc) is 2.97. The van der Waals surface area contributed by atoms with Crippen LogP contribution in [0.5, 0.6) is 0 Å². The second-order valence-electron chi connectivity index (χ2n) is 5.82. The Morgan fingerprint density at radius 1 is 1.29 bits per heavy atom. The lowest BCUT2D eigenvalue weighted by atomic mass is 9.93. The molecule has 0 aliphatic carbocycles. The number of rotatable bonds is 7. The number of aromatic nitrogens is 1. The van der Waals surface area contributed by atoms with Gasteiger partial charge in [-0.25, -0.2) is 0 Å².